The summed E-state index contributed by atoms with van der Waals surface area (Å²) in [6.07, 6.45) is 2.89. The van der Waals surface area contributed by atoms with Gasteiger partial charge in [-0.2, -0.15) is 0 Å². The number of aliphatic carboxylic acids is 1. The number of anilines is 2. The van der Waals surface area contributed by atoms with E-state index in [-0.39, 0.29) is 31.3 Å². The summed E-state index contributed by atoms with van der Waals surface area (Å²) in [5.41, 5.74) is 13.5. The molecule has 0 aliphatic carbocycles. The van der Waals surface area contributed by atoms with Gasteiger partial charge in [-0.3, -0.25) is 24.6 Å². The highest BCUT2D eigenvalue weighted by atomic mass is 16.4. The maximum atomic E-state index is 13.3. The van der Waals surface area contributed by atoms with E-state index < -0.39 is 12.3 Å². The average Bonchev–Trinajstić information content (AvgIpc) is 2.89. The van der Waals surface area contributed by atoms with Crippen molar-refractivity contribution in [3.05, 3.63) is 59.7 Å². The van der Waals surface area contributed by atoms with Gasteiger partial charge < -0.3 is 21.5 Å². The van der Waals surface area contributed by atoms with Gasteiger partial charge in [-0.1, -0.05) is 30.7 Å². The number of fused-ring (bicyclic) bond motifs is 1. The number of para-hydroxylation sites is 1. The number of carboxylic acid groups (broad SMARTS) is 1. The number of hydrogen-bond acceptors (Lipinski definition) is 6. The first-order valence-electron chi connectivity index (χ1n) is 11.1. The lowest BCUT2D eigenvalue weighted by Gasteiger charge is -2.23. The fourth-order valence-electron chi connectivity index (χ4n) is 3.89. The number of carboxylic acids is 1. The first kappa shape index (κ1) is 24.4. The number of nitrogens with one attached hydrogen (secondary N) is 1. The Morgan fingerprint density at radius 3 is 2.52 bits per heavy atom. The first-order chi connectivity index (χ1) is 15.9. The molecule has 3 rings (SSSR count). The fourth-order valence-corrected chi connectivity index (χ4v) is 3.89. The van der Waals surface area contributed by atoms with Crippen LogP contribution in [0.25, 0.3) is 0 Å². The van der Waals surface area contributed by atoms with E-state index >= 15 is 0 Å². The van der Waals surface area contributed by atoms with Gasteiger partial charge in [-0.25, -0.2) is 0 Å². The van der Waals surface area contributed by atoms with Crippen LogP contribution in [0.15, 0.2) is 48.5 Å². The molecule has 2 aromatic carbocycles. The Bertz CT molecular complexity index is 980. The van der Waals surface area contributed by atoms with Gasteiger partial charge in [0.25, 0.3) is 11.8 Å². The van der Waals surface area contributed by atoms with Crippen molar-refractivity contribution >= 4 is 29.2 Å². The average molecular weight is 454 g/mol. The SMILES string of the molecule is NC(N)NCCCCCc1ccc2c(c1)C(=O)N(CCC(=O)O)CC(=O)N2c1ccccc1. The van der Waals surface area contributed by atoms with Crippen LogP contribution >= 0.6 is 0 Å². The zero-order valence-electron chi connectivity index (χ0n) is 18.6. The quantitative estimate of drug-likeness (QED) is 0.300. The van der Waals surface area contributed by atoms with Gasteiger partial charge in [0.1, 0.15) is 12.8 Å². The van der Waals surface area contributed by atoms with Crippen LogP contribution in [-0.4, -0.2) is 53.7 Å². The Morgan fingerprint density at radius 1 is 1.06 bits per heavy atom. The second kappa shape index (κ2) is 11.6. The van der Waals surface area contributed by atoms with Gasteiger partial charge >= 0.3 is 5.97 Å². The van der Waals surface area contributed by atoms with Crippen molar-refractivity contribution in [2.75, 3.05) is 24.5 Å². The molecule has 0 unspecified atom stereocenters. The summed E-state index contributed by atoms with van der Waals surface area (Å²) in [5, 5.41) is 12.0. The summed E-state index contributed by atoms with van der Waals surface area (Å²) in [7, 11) is 0. The predicted octanol–water partition coefficient (Wildman–Crippen LogP) is 1.79. The number of aryl methyl sites for hydroxylation is 1. The van der Waals surface area contributed by atoms with Gasteiger partial charge in [-0.05, 0) is 55.6 Å². The molecule has 6 N–H and O–H groups in total. The Balaban J connectivity index is 1.83. The summed E-state index contributed by atoms with van der Waals surface area (Å²) in [6.45, 7) is 0.539. The van der Waals surface area contributed by atoms with Crippen molar-refractivity contribution in [1.29, 1.82) is 0 Å². The third-order valence-corrected chi connectivity index (χ3v) is 5.53. The Hall–Kier alpha value is -3.27. The molecule has 9 nitrogen and oxygen atoms in total. The number of nitrogens with two attached hydrogens (primary N) is 2. The number of rotatable bonds is 11. The van der Waals surface area contributed by atoms with Gasteiger partial charge in [0.15, 0.2) is 0 Å². The molecule has 176 valence electrons. The van der Waals surface area contributed by atoms with E-state index in [1.807, 2.05) is 48.5 Å². The molecule has 0 spiro atoms. The van der Waals surface area contributed by atoms with Crippen LogP contribution < -0.4 is 21.7 Å². The molecule has 0 bridgehead atoms. The number of unbranched alkanes of at least 4 members (excludes halogenated alkanes) is 2. The van der Waals surface area contributed by atoms with Crippen LogP contribution in [0, 0.1) is 0 Å². The van der Waals surface area contributed by atoms with E-state index in [1.165, 1.54) is 4.90 Å². The van der Waals surface area contributed by atoms with Gasteiger partial charge in [0.05, 0.1) is 17.7 Å². The monoisotopic (exact) mass is 453 g/mol. The van der Waals surface area contributed by atoms with E-state index in [9.17, 15) is 14.4 Å². The molecular weight excluding hydrogens is 422 g/mol. The smallest absolute Gasteiger partial charge is 0.305 e. The molecule has 1 aliphatic rings. The fraction of sp³-hybridized carbons (Fsp3) is 0.375. The lowest BCUT2D eigenvalue weighted by Crippen LogP contribution is -2.45. The molecule has 33 heavy (non-hydrogen) atoms. The predicted molar refractivity (Wildman–Crippen MR) is 126 cm³/mol. The van der Waals surface area contributed by atoms with Crippen LogP contribution in [-0.2, 0) is 16.0 Å². The molecule has 0 saturated heterocycles. The standard InChI is InChI=1S/C24H31N5O4/c25-24(26)27-13-6-2-3-7-17-10-11-20-19(15-17)23(33)28(14-12-22(31)32)16-21(30)29(20)18-8-4-1-5-9-18/h1,4-5,8-11,15,24,27H,2-3,6-7,12-14,16,25-26H2,(H,31,32). The van der Waals surface area contributed by atoms with Crippen molar-refractivity contribution in [3.63, 3.8) is 0 Å². The maximum absolute atomic E-state index is 13.3. The normalized spacial score (nSPS) is 13.9. The Morgan fingerprint density at radius 2 is 1.82 bits per heavy atom. The van der Waals surface area contributed by atoms with E-state index in [0.29, 0.717) is 16.9 Å². The summed E-state index contributed by atoms with van der Waals surface area (Å²) >= 11 is 0. The summed E-state index contributed by atoms with van der Waals surface area (Å²) in [5.74, 6) is -1.63. The Labute approximate surface area is 193 Å². The highest BCUT2D eigenvalue weighted by Gasteiger charge is 2.32. The Kier molecular flexibility index (Phi) is 8.53. The largest absolute Gasteiger partial charge is 0.481 e. The van der Waals surface area contributed by atoms with Crippen molar-refractivity contribution in [3.8, 4) is 0 Å². The van der Waals surface area contributed by atoms with Crippen molar-refractivity contribution in [1.82, 2.24) is 10.2 Å². The summed E-state index contributed by atoms with van der Waals surface area (Å²) in [6, 6.07) is 14.7. The van der Waals surface area contributed by atoms with Crippen LogP contribution in [0.2, 0.25) is 0 Å². The molecule has 0 atom stereocenters. The molecule has 1 heterocycles. The van der Waals surface area contributed by atoms with Crippen LogP contribution in [0.3, 0.4) is 0 Å². The number of hydrogen-bond donors (Lipinski definition) is 4. The zero-order chi connectivity index (χ0) is 23.8. The van der Waals surface area contributed by atoms with Crippen molar-refractivity contribution in [2.45, 2.75) is 38.4 Å². The number of amides is 2. The highest BCUT2D eigenvalue weighted by Crippen LogP contribution is 2.33. The molecule has 2 amide bonds. The minimum absolute atomic E-state index is 0.0253. The van der Waals surface area contributed by atoms with Gasteiger partial charge in [-0.15, -0.1) is 0 Å². The summed E-state index contributed by atoms with van der Waals surface area (Å²) in [4.78, 5) is 40.4. The third-order valence-electron chi connectivity index (χ3n) is 5.53. The number of carbonyl (C=O) groups excluding carboxylic acids is 2. The van der Waals surface area contributed by atoms with E-state index in [4.69, 9.17) is 16.6 Å². The lowest BCUT2D eigenvalue weighted by atomic mass is 10.0. The van der Waals surface area contributed by atoms with E-state index in [1.54, 1.807) is 4.90 Å². The van der Waals surface area contributed by atoms with Crippen LogP contribution in [0.1, 0.15) is 41.6 Å². The molecule has 0 fully saturated rings. The molecular formula is C24H31N5O4. The maximum Gasteiger partial charge on any atom is 0.305 e. The molecule has 1 aliphatic heterocycles. The van der Waals surface area contributed by atoms with Gasteiger partial charge in [0.2, 0.25) is 0 Å². The van der Waals surface area contributed by atoms with E-state index in [0.717, 1.165) is 37.8 Å². The summed E-state index contributed by atoms with van der Waals surface area (Å²) < 4.78 is 0. The number of nitrogens with zero attached hydrogens (tertiary/aromatic N) is 2. The second-order valence-electron chi connectivity index (χ2n) is 8.08. The van der Waals surface area contributed by atoms with Crippen LogP contribution in [0.4, 0.5) is 11.4 Å². The van der Waals surface area contributed by atoms with E-state index in [2.05, 4.69) is 5.32 Å². The molecule has 0 aromatic heterocycles. The minimum atomic E-state index is -1.02. The third kappa shape index (κ3) is 6.61. The number of benzene rings is 2. The van der Waals surface area contributed by atoms with Crippen LogP contribution in [0.5, 0.6) is 0 Å². The van der Waals surface area contributed by atoms with Gasteiger partial charge in [0, 0.05) is 12.2 Å². The molecule has 0 radical (unpaired) electrons. The first-order valence-corrected chi connectivity index (χ1v) is 11.1. The minimum Gasteiger partial charge on any atom is -0.481 e. The van der Waals surface area contributed by atoms with Crippen molar-refractivity contribution in [2.24, 2.45) is 11.5 Å². The lowest BCUT2D eigenvalue weighted by molar-refractivity contribution is -0.137. The highest BCUT2D eigenvalue weighted by molar-refractivity contribution is 6.13. The molecule has 0 saturated carbocycles. The topological polar surface area (TPSA) is 142 Å². The number of carbonyl (C=O) groups is 3. The zero-order valence-corrected chi connectivity index (χ0v) is 18.6. The molecule has 9 heteroatoms. The van der Waals surface area contributed by atoms with Crippen molar-refractivity contribution < 1.29 is 19.5 Å². The second-order valence-corrected chi connectivity index (χ2v) is 8.08. The molecule has 2 aromatic rings.